The monoisotopic (exact) mass is 363 g/mol. The number of nitrogens with one attached hydrogen (secondary N) is 1. The van der Waals surface area contributed by atoms with Crippen molar-refractivity contribution >= 4 is 5.91 Å². The Kier molecular flexibility index (Phi) is 3.67. The molecule has 4 rings (SSSR count). The number of fused-ring (bicyclic) bond motifs is 1. The third-order valence-corrected chi connectivity index (χ3v) is 3.88. The summed E-state index contributed by atoms with van der Waals surface area (Å²) in [6.07, 6.45) is 1.24. The Labute approximate surface area is 143 Å². The number of benzene rings is 1. The normalized spacial score (nSPS) is 13.5. The highest BCUT2D eigenvalue weighted by Gasteiger charge is 2.23. The van der Waals surface area contributed by atoms with Gasteiger partial charge in [0.2, 0.25) is 0 Å². The van der Waals surface area contributed by atoms with Gasteiger partial charge in [-0.25, -0.2) is 27.5 Å². The van der Waals surface area contributed by atoms with Gasteiger partial charge in [-0.15, -0.1) is 0 Å². The van der Waals surface area contributed by atoms with E-state index >= 15 is 0 Å². The highest BCUT2D eigenvalue weighted by molar-refractivity contribution is 5.94. The van der Waals surface area contributed by atoms with Gasteiger partial charge in [-0.1, -0.05) is 0 Å². The number of amides is 1. The summed E-state index contributed by atoms with van der Waals surface area (Å²) in [7, 11) is 0. The van der Waals surface area contributed by atoms with E-state index in [-0.39, 0.29) is 17.4 Å². The Morgan fingerprint density at radius 1 is 1.04 bits per heavy atom. The topological polar surface area (TPSA) is 72.7 Å². The standard InChI is InChI=1S/C16H9F4N5O/c17-8-5-7(12(18)14(20)13(8)19)15-21-2-1-9(23-15)10-6-11-16(26)22-3-4-25(11)24-10/h1-2,5-6H,3-4H2,(H,22,26). The predicted molar refractivity (Wildman–Crippen MR) is 80.9 cm³/mol. The summed E-state index contributed by atoms with van der Waals surface area (Å²) < 4.78 is 55.5. The Hall–Kier alpha value is -3.30. The summed E-state index contributed by atoms with van der Waals surface area (Å²) >= 11 is 0. The number of carbonyl (C=O) groups is 1. The minimum absolute atomic E-state index is 0.217. The van der Waals surface area contributed by atoms with Gasteiger partial charge in [-0.05, 0) is 18.2 Å². The summed E-state index contributed by atoms with van der Waals surface area (Å²) in [6.45, 7) is 0.906. The average molecular weight is 363 g/mol. The number of carbonyl (C=O) groups excluding carboxylic acids is 1. The Morgan fingerprint density at radius 2 is 1.85 bits per heavy atom. The van der Waals surface area contributed by atoms with E-state index < -0.39 is 28.8 Å². The molecule has 3 aromatic rings. The molecule has 0 bridgehead atoms. The van der Waals surface area contributed by atoms with Gasteiger partial charge in [0.25, 0.3) is 5.91 Å². The van der Waals surface area contributed by atoms with E-state index in [2.05, 4.69) is 20.4 Å². The second-order valence-corrected chi connectivity index (χ2v) is 5.51. The molecule has 1 aromatic carbocycles. The number of aromatic nitrogens is 4. The summed E-state index contributed by atoms with van der Waals surface area (Å²) in [5.41, 5.74) is 0.236. The maximum Gasteiger partial charge on any atom is 0.269 e. The van der Waals surface area contributed by atoms with E-state index in [1.165, 1.54) is 23.0 Å². The molecule has 1 aliphatic heterocycles. The highest BCUT2D eigenvalue weighted by atomic mass is 19.2. The van der Waals surface area contributed by atoms with Crippen molar-refractivity contribution in [3.05, 3.63) is 53.4 Å². The maximum absolute atomic E-state index is 14.0. The average Bonchev–Trinajstić information content (AvgIpc) is 3.09. The summed E-state index contributed by atoms with van der Waals surface area (Å²) in [4.78, 5) is 19.6. The Morgan fingerprint density at radius 3 is 2.62 bits per heavy atom. The van der Waals surface area contributed by atoms with Crippen molar-refractivity contribution in [3.63, 3.8) is 0 Å². The van der Waals surface area contributed by atoms with Gasteiger partial charge in [0.15, 0.2) is 29.1 Å². The Bertz CT molecular complexity index is 1050. The zero-order valence-corrected chi connectivity index (χ0v) is 12.9. The van der Waals surface area contributed by atoms with Gasteiger partial charge in [-0.2, -0.15) is 5.10 Å². The predicted octanol–water partition coefficient (Wildman–Crippen LogP) is 2.31. The van der Waals surface area contributed by atoms with Crippen LogP contribution in [0.25, 0.3) is 22.8 Å². The third-order valence-electron chi connectivity index (χ3n) is 3.88. The van der Waals surface area contributed by atoms with Gasteiger partial charge in [0.1, 0.15) is 11.4 Å². The molecule has 0 saturated heterocycles. The molecule has 3 heterocycles. The van der Waals surface area contributed by atoms with Gasteiger partial charge < -0.3 is 5.32 Å². The zero-order valence-electron chi connectivity index (χ0n) is 12.9. The van der Waals surface area contributed by atoms with Gasteiger partial charge in [-0.3, -0.25) is 9.48 Å². The molecule has 0 spiro atoms. The first-order valence-electron chi connectivity index (χ1n) is 7.48. The van der Waals surface area contributed by atoms with Crippen molar-refractivity contribution in [1.29, 1.82) is 0 Å². The number of rotatable bonds is 2. The van der Waals surface area contributed by atoms with E-state index in [9.17, 15) is 22.4 Å². The lowest BCUT2D eigenvalue weighted by atomic mass is 10.1. The van der Waals surface area contributed by atoms with Crippen LogP contribution in [0.2, 0.25) is 0 Å². The lowest BCUT2D eigenvalue weighted by Gasteiger charge is -2.13. The van der Waals surface area contributed by atoms with E-state index in [1.54, 1.807) is 0 Å². The van der Waals surface area contributed by atoms with E-state index in [1.807, 2.05) is 0 Å². The highest BCUT2D eigenvalue weighted by Crippen LogP contribution is 2.27. The largest absolute Gasteiger partial charge is 0.349 e. The first-order chi connectivity index (χ1) is 12.5. The van der Waals surface area contributed by atoms with E-state index in [4.69, 9.17) is 0 Å². The van der Waals surface area contributed by atoms with Crippen molar-refractivity contribution in [2.75, 3.05) is 6.54 Å². The van der Waals surface area contributed by atoms with Crippen LogP contribution in [-0.4, -0.2) is 32.2 Å². The Balaban J connectivity index is 1.81. The van der Waals surface area contributed by atoms with Crippen molar-refractivity contribution in [2.45, 2.75) is 6.54 Å². The van der Waals surface area contributed by atoms with Crippen molar-refractivity contribution in [3.8, 4) is 22.8 Å². The molecule has 132 valence electrons. The summed E-state index contributed by atoms with van der Waals surface area (Å²) in [5.74, 6) is -7.63. The van der Waals surface area contributed by atoms with Crippen LogP contribution in [0.1, 0.15) is 10.5 Å². The molecule has 10 heteroatoms. The van der Waals surface area contributed by atoms with Crippen LogP contribution in [0.15, 0.2) is 24.4 Å². The lowest BCUT2D eigenvalue weighted by Crippen LogP contribution is -2.35. The fourth-order valence-corrected chi connectivity index (χ4v) is 2.63. The van der Waals surface area contributed by atoms with Crippen molar-refractivity contribution in [2.24, 2.45) is 0 Å². The van der Waals surface area contributed by atoms with Crippen LogP contribution in [0.4, 0.5) is 17.6 Å². The van der Waals surface area contributed by atoms with Gasteiger partial charge >= 0.3 is 0 Å². The molecule has 2 aromatic heterocycles. The minimum atomic E-state index is -1.94. The molecule has 0 atom stereocenters. The molecule has 0 radical (unpaired) electrons. The quantitative estimate of drug-likeness (QED) is 0.431. The SMILES string of the molecule is O=C1NCCn2nc(-c3ccnc(-c4cc(F)c(F)c(F)c4F)n3)cc21. The molecule has 1 amide bonds. The fraction of sp³-hybridized carbons (Fsp3) is 0.125. The number of hydrogen-bond donors (Lipinski definition) is 1. The first-order valence-corrected chi connectivity index (χ1v) is 7.48. The van der Waals surface area contributed by atoms with Crippen molar-refractivity contribution in [1.82, 2.24) is 25.1 Å². The molecule has 26 heavy (non-hydrogen) atoms. The molecule has 0 saturated carbocycles. The minimum Gasteiger partial charge on any atom is -0.349 e. The summed E-state index contributed by atoms with van der Waals surface area (Å²) in [6, 6.07) is 3.42. The zero-order chi connectivity index (χ0) is 18.4. The first kappa shape index (κ1) is 16.2. The molecule has 1 N–H and O–H groups in total. The number of halogens is 4. The maximum atomic E-state index is 14.0. The molecule has 0 unspecified atom stereocenters. The number of nitrogens with zero attached hydrogens (tertiary/aromatic N) is 4. The van der Waals surface area contributed by atoms with Gasteiger partial charge in [0, 0.05) is 12.7 Å². The molecule has 0 aliphatic carbocycles. The van der Waals surface area contributed by atoms with Crippen LogP contribution >= 0.6 is 0 Å². The molecule has 0 fully saturated rings. The fourth-order valence-electron chi connectivity index (χ4n) is 2.63. The summed E-state index contributed by atoms with van der Waals surface area (Å²) in [5, 5.41) is 6.91. The van der Waals surface area contributed by atoms with Gasteiger partial charge in [0.05, 0.1) is 17.8 Å². The van der Waals surface area contributed by atoms with Crippen LogP contribution < -0.4 is 5.32 Å². The second kappa shape index (κ2) is 5.90. The second-order valence-electron chi connectivity index (χ2n) is 5.51. The van der Waals surface area contributed by atoms with Crippen LogP contribution in [0.3, 0.4) is 0 Å². The third kappa shape index (κ3) is 2.50. The molecular formula is C16H9F4N5O. The van der Waals surface area contributed by atoms with Crippen LogP contribution in [0.5, 0.6) is 0 Å². The smallest absolute Gasteiger partial charge is 0.269 e. The molecular weight excluding hydrogens is 354 g/mol. The van der Waals surface area contributed by atoms with E-state index in [0.717, 1.165) is 0 Å². The van der Waals surface area contributed by atoms with Crippen LogP contribution in [0, 0.1) is 23.3 Å². The van der Waals surface area contributed by atoms with Crippen molar-refractivity contribution < 1.29 is 22.4 Å². The van der Waals surface area contributed by atoms with E-state index in [0.29, 0.717) is 30.5 Å². The van der Waals surface area contributed by atoms with Crippen LogP contribution in [-0.2, 0) is 6.54 Å². The molecule has 6 nitrogen and oxygen atoms in total. The lowest BCUT2D eigenvalue weighted by molar-refractivity contribution is 0.0924. The molecule has 1 aliphatic rings. The number of hydrogen-bond acceptors (Lipinski definition) is 4.